The predicted octanol–water partition coefficient (Wildman–Crippen LogP) is 4.10. The summed E-state index contributed by atoms with van der Waals surface area (Å²) in [5, 5.41) is 14.7. The van der Waals surface area contributed by atoms with Crippen molar-refractivity contribution in [1.29, 1.82) is 0 Å². The van der Waals surface area contributed by atoms with E-state index in [4.69, 9.17) is 16.3 Å². The fourth-order valence-electron chi connectivity index (χ4n) is 3.29. The number of hydrogen-bond acceptors (Lipinski definition) is 4. The van der Waals surface area contributed by atoms with Gasteiger partial charge in [-0.2, -0.15) is 0 Å². The summed E-state index contributed by atoms with van der Waals surface area (Å²) in [4.78, 5) is 4.10. The molecule has 0 spiro atoms. The van der Waals surface area contributed by atoms with Gasteiger partial charge in [-0.25, -0.2) is 0 Å². The van der Waals surface area contributed by atoms with E-state index in [0.29, 0.717) is 24.7 Å². The fraction of sp³-hybridized carbons (Fsp3) is 0.450. The number of nitrogens with one attached hydrogen (secondary N) is 1. The molecule has 4 nitrogen and oxygen atoms in total. The molecule has 0 saturated heterocycles. The van der Waals surface area contributed by atoms with Crippen molar-refractivity contribution in [3.05, 3.63) is 58.9 Å². The van der Waals surface area contributed by atoms with Crippen molar-refractivity contribution in [2.45, 2.75) is 50.9 Å². The molecule has 1 saturated carbocycles. The first-order chi connectivity index (χ1) is 12.1. The summed E-state index contributed by atoms with van der Waals surface area (Å²) in [7, 11) is 0. The highest BCUT2D eigenvalue weighted by Gasteiger charge is 2.28. The van der Waals surface area contributed by atoms with Crippen LogP contribution in [0, 0.1) is 0 Å². The zero-order valence-corrected chi connectivity index (χ0v) is 15.1. The minimum absolute atomic E-state index is 0.465. The Balaban J connectivity index is 1.59. The Morgan fingerprint density at radius 1 is 1.20 bits per heavy atom. The zero-order chi connectivity index (χ0) is 17.5. The van der Waals surface area contributed by atoms with E-state index in [0.717, 1.165) is 42.6 Å². The lowest BCUT2D eigenvalue weighted by atomic mass is 9.85. The van der Waals surface area contributed by atoms with Gasteiger partial charge in [-0.3, -0.25) is 4.98 Å². The molecule has 1 heterocycles. The van der Waals surface area contributed by atoms with Crippen LogP contribution >= 0.6 is 11.6 Å². The Labute approximate surface area is 154 Å². The standard InChI is InChI=1S/C20H25ClN2O2/c21-18-6-7-19(25-14-16-5-4-10-22-12-16)17(11-18)13-23-15-20(24)8-2-1-3-9-20/h4-7,10-12,23-24H,1-3,8-9,13-15H2. The molecule has 0 aliphatic heterocycles. The molecular weight excluding hydrogens is 336 g/mol. The molecule has 134 valence electrons. The Kier molecular flexibility index (Phi) is 6.29. The molecule has 2 aromatic rings. The van der Waals surface area contributed by atoms with Gasteiger partial charge in [-0.15, -0.1) is 0 Å². The third-order valence-corrected chi connectivity index (χ3v) is 4.93. The van der Waals surface area contributed by atoms with Crippen LogP contribution in [0.2, 0.25) is 5.02 Å². The van der Waals surface area contributed by atoms with Gasteiger partial charge in [0.1, 0.15) is 12.4 Å². The number of benzene rings is 1. The number of ether oxygens (including phenoxy) is 1. The number of aliphatic hydroxyl groups is 1. The number of aromatic nitrogens is 1. The topological polar surface area (TPSA) is 54.4 Å². The molecule has 0 bridgehead atoms. The second kappa shape index (κ2) is 8.65. The molecule has 0 radical (unpaired) electrons. The lowest BCUT2D eigenvalue weighted by Crippen LogP contribution is -2.41. The van der Waals surface area contributed by atoms with Crippen LogP contribution in [0.4, 0.5) is 0 Å². The minimum Gasteiger partial charge on any atom is -0.489 e. The van der Waals surface area contributed by atoms with Gasteiger partial charge in [-0.05, 0) is 37.1 Å². The Morgan fingerprint density at radius 2 is 2.04 bits per heavy atom. The lowest BCUT2D eigenvalue weighted by molar-refractivity contribution is 0.00463. The van der Waals surface area contributed by atoms with Crippen LogP contribution in [0.1, 0.15) is 43.2 Å². The number of nitrogens with zero attached hydrogens (tertiary/aromatic N) is 1. The smallest absolute Gasteiger partial charge is 0.124 e. The van der Waals surface area contributed by atoms with Gasteiger partial charge in [0.25, 0.3) is 0 Å². The minimum atomic E-state index is -0.576. The van der Waals surface area contributed by atoms with E-state index >= 15 is 0 Å². The second-order valence-corrected chi connectivity index (χ2v) is 7.23. The predicted molar refractivity (Wildman–Crippen MR) is 99.8 cm³/mol. The molecule has 2 N–H and O–H groups in total. The number of rotatable bonds is 7. The molecule has 5 heteroatoms. The molecule has 1 aliphatic rings. The van der Waals surface area contributed by atoms with Crippen molar-refractivity contribution in [3.8, 4) is 5.75 Å². The average Bonchev–Trinajstić information content (AvgIpc) is 2.62. The van der Waals surface area contributed by atoms with Crippen LogP contribution in [-0.4, -0.2) is 22.2 Å². The largest absolute Gasteiger partial charge is 0.489 e. The van der Waals surface area contributed by atoms with Gasteiger partial charge >= 0.3 is 0 Å². The van der Waals surface area contributed by atoms with E-state index in [1.165, 1.54) is 6.42 Å². The molecule has 1 aromatic carbocycles. The molecule has 0 unspecified atom stereocenters. The maximum Gasteiger partial charge on any atom is 0.124 e. The summed E-state index contributed by atoms with van der Waals surface area (Å²) in [5.74, 6) is 0.802. The maximum atomic E-state index is 10.6. The monoisotopic (exact) mass is 360 g/mol. The van der Waals surface area contributed by atoms with Gasteiger partial charge in [-0.1, -0.05) is 36.9 Å². The van der Waals surface area contributed by atoms with Gasteiger partial charge in [0.15, 0.2) is 0 Å². The molecule has 0 amide bonds. The Hall–Kier alpha value is -1.62. The summed E-state index contributed by atoms with van der Waals surface area (Å²) in [6, 6.07) is 9.52. The number of hydrogen-bond donors (Lipinski definition) is 2. The van der Waals surface area contributed by atoms with E-state index in [1.54, 1.807) is 12.4 Å². The van der Waals surface area contributed by atoms with Crippen molar-refractivity contribution in [3.63, 3.8) is 0 Å². The quantitative estimate of drug-likeness (QED) is 0.780. The lowest BCUT2D eigenvalue weighted by Gasteiger charge is -2.32. The van der Waals surface area contributed by atoms with Crippen LogP contribution in [0.25, 0.3) is 0 Å². The first-order valence-corrected chi connectivity index (χ1v) is 9.26. The molecule has 1 aromatic heterocycles. The molecule has 1 aliphatic carbocycles. The van der Waals surface area contributed by atoms with Crippen molar-refractivity contribution in [2.75, 3.05) is 6.54 Å². The van der Waals surface area contributed by atoms with Crippen molar-refractivity contribution < 1.29 is 9.84 Å². The van der Waals surface area contributed by atoms with E-state index < -0.39 is 5.60 Å². The number of halogens is 1. The molecule has 3 rings (SSSR count). The van der Waals surface area contributed by atoms with Crippen LogP contribution in [0.15, 0.2) is 42.7 Å². The summed E-state index contributed by atoms with van der Waals surface area (Å²) in [5.41, 5.74) is 1.44. The highest BCUT2D eigenvalue weighted by molar-refractivity contribution is 6.30. The van der Waals surface area contributed by atoms with E-state index in [-0.39, 0.29) is 0 Å². The van der Waals surface area contributed by atoms with Crippen molar-refractivity contribution in [2.24, 2.45) is 0 Å². The normalized spacial score (nSPS) is 16.6. The Morgan fingerprint density at radius 3 is 2.80 bits per heavy atom. The second-order valence-electron chi connectivity index (χ2n) is 6.79. The van der Waals surface area contributed by atoms with Crippen LogP contribution in [-0.2, 0) is 13.2 Å². The third-order valence-electron chi connectivity index (χ3n) is 4.69. The van der Waals surface area contributed by atoms with Gasteiger partial charge in [0.05, 0.1) is 5.60 Å². The van der Waals surface area contributed by atoms with Gasteiger partial charge in [0, 0.05) is 41.6 Å². The van der Waals surface area contributed by atoms with Crippen LogP contribution in [0.3, 0.4) is 0 Å². The molecule has 1 fully saturated rings. The molecule has 0 atom stereocenters. The summed E-state index contributed by atoms with van der Waals surface area (Å²) in [6.07, 6.45) is 8.73. The summed E-state index contributed by atoms with van der Waals surface area (Å²) in [6.45, 7) is 1.68. The van der Waals surface area contributed by atoms with E-state index in [1.807, 2.05) is 30.3 Å². The molecule has 25 heavy (non-hydrogen) atoms. The van der Waals surface area contributed by atoms with E-state index in [9.17, 15) is 5.11 Å². The van der Waals surface area contributed by atoms with Crippen molar-refractivity contribution in [1.82, 2.24) is 10.3 Å². The zero-order valence-electron chi connectivity index (χ0n) is 14.4. The third kappa shape index (κ3) is 5.43. The summed E-state index contributed by atoms with van der Waals surface area (Å²) >= 11 is 6.15. The highest BCUT2D eigenvalue weighted by Crippen LogP contribution is 2.28. The first-order valence-electron chi connectivity index (χ1n) is 8.88. The van der Waals surface area contributed by atoms with E-state index in [2.05, 4.69) is 10.3 Å². The Bertz CT molecular complexity index is 673. The SMILES string of the molecule is OC1(CNCc2cc(Cl)ccc2OCc2cccnc2)CCCCC1. The first kappa shape index (κ1) is 18.2. The fourth-order valence-corrected chi connectivity index (χ4v) is 3.48. The molecular formula is C20H25ClN2O2. The van der Waals surface area contributed by atoms with Gasteiger partial charge < -0.3 is 15.2 Å². The average molecular weight is 361 g/mol. The maximum absolute atomic E-state index is 10.6. The van der Waals surface area contributed by atoms with Gasteiger partial charge in [0.2, 0.25) is 0 Å². The van der Waals surface area contributed by atoms with Crippen LogP contribution in [0.5, 0.6) is 5.75 Å². The van der Waals surface area contributed by atoms with Crippen molar-refractivity contribution >= 4 is 11.6 Å². The summed E-state index contributed by atoms with van der Waals surface area (Å²) < 4.78 is 5.94. The van der Waals surface area contributed by atoms with Crippen LogP contribution < -0.4 is 10.1 Å². The highest BCUT2D eigenvalue weighted by atomic mass is 35.5. The number of pyridine rings is 1.